The number of nitriles is 2. The van der Waals surface area contributed by atoms with Gasteiger partial charge in [-0.15, -0.1) is 0 Å². The summed E-state index contributed by atoms with van der Waals surface area (Å²) < 4.78 is 1.19. The third-order valence-corrected chi connectivity index (χ3v) is 1.45. The predicted octanol–water partition coefficient (Wildman–Crippen LogP) is 3.19. The first kappa shape index (κ1) is 13.7. The van der Waals surface area contributed by atoms with Gasteiger partial charge in [-0.3, -0.25) is 0 Å². The lowest BCUT2D eigenvalue weighted by molar-refractivity contribution is 1.57. The molecule has 6 heteroatoms. The molecule has 0 unspecified atom stereocenters. The maximum Gasteiger partial charge on any atom is 0.134 e. The highest BCUT2D eigenvalue weighted by molar-refractivity contribution is 14.2. The normalized spacial score (nSPS) is 6.40. The molecule has 0 aromatic carbocycles. The van der Waals surface area contributed by atoms with Crippen molar-refractivity contribution in [3.63, 3.8) is 0 Å². The van der Waals surface area contributed by atoms with Crippen LogP contribution >= 0.6 is 68.7 Å². The molecule has 0 N–H and O–H groups in total. The molecule has 0 saturated carbocycles. The number of halogens is 2. The van der Waals surface area contributed by atoms with Crippen LogP contribution < -0.4 is 0 Å². The van der Waals surface area contributed by atoms with Gasteiger partial charge in [0.05, 0.1) is 7.52 Å². The molecule has 56 valence electrons. The van der Waals surface area contributed by atoms with E-state index in [2.05, 4.69) is 45.2 Å². The predicted molar refractivity (Wildman–Crippen MR) is 64.2 cm³/mol. The van der Waals surface area contributed by atoms with Crippen molar-refractivity contribution >= 4 is 68.7 Å². The highest BCUT2D eigenvalue weighted by atomic mass is 127. The Morgan fingerprint density at radius 2 is 1.40 bits per heavy atom. The van der Waals surface area contributed by atoms with Gasteiger partial charge in [-0.05, 0) is 23.5 Å². The summed E-state index contributed by atoms with van der Waals surface area (Å²) in [6, 6.07) is 0. The lowest BCUT2D eigenvalue weighted by atomic mass is 11.8. The topological polar surface area (TPSA) is 47.6 Å². The van der Waals surface area contributed by atoms with Gasteiger partial charge >= 0.3 is 0 Å². The molecule has 0 atom stereocenters. The van der Waals surface area contributed by atoms with Gasteiger partial charge in [0.25, 0.3) is 0 Å². The van der Waals surface area contributed by atoms with E-state index in [9.17, 15) is 0 Å². The maximum absolute atomic E-state index is 7.88. The van der Waals surface area contributed by atoms with Crippen LogP contribution in [0.4, 0.5) is 0 Å². The summed E-state index contributed by atoms with van der Waals surface area (Å²) in [6.07, 6.45) is 0. The van der Waals surface area contributed by atoms with Crippen molar-refractivity contribution < 1.29 is 0 Å². The summed E-state index contributed by atoms with van der Waals surface area (Å²) in [6.45, 7) is 0. The van der Waals surface area contributed by atoms with Crippen LogP contribution in [0.25, 0.3) is 0 Å². The number of alkyl halides is 2. The van der Waals surface area contributed by atoms with Gasteiger partial charge in [0.2, 0.25) is 0 Å². The molecule has 0 amide bonds. The van der Waals surface area contributed by atoms with Gasteiger partial charge in [0.1, 0.15) is 10.8 Å². The third kappa shape index (κ3) is 22.9. The summed E-state index contributed by atoms with van der Waals surface area (Å²) >= 11 is 6.71. The Morgan fingerprint density at radius 1 is 1.10 bits per heavy atom. The second-order valence-corrected chi connectivity index (χ2v) is 7.02. The molecule has 0 heterocycles. The monoisotopic (exact) mass is 398 g/mol. The molecule has 0 aliphatic rings. The first-order valence-electron chi connectivity index (χ1n) is 1.97. The van der Waals surface area contributed by atoms with Crippen molar-refractivity contribution in [2.75, 3.05) is 7.52 Å². The molecule has 10 heavy (non-hydrogen) atoms. The number of hydrogen-bond donors (Lipinski definition) is 0. The Kier molecular flexibility index (Phi) is 22.8. The van der Waals surface area contributed by atoms with Crippen molar-refractivity contribution in [3.05, 3.63) is 0 Å². The number of nitrogens with zero attached hydrogens (tertiary/aromatic N) is 2. The molecule has 0 aliphatic heterocycles. The minimum absolute atomic E-state index is 0.549. The van der Waals surface area contributed by atoms with Crippen molar-refractivity contribution in [2.24, 2.45) is 0 Å². The van der Waals surface area contributed by atoms with Crippen LogP contribution in [0.3, 0.4) is 0 Å². The van der Waals surface area contributed by atoms with Crippen LogP contribution in [-0.4, -0.2) is 7.52 Å². The van der Waals surface area contributed by atoms with Gasteiger partial charge in [-0.2, -0.15) is 10.5 Å². The average Bonchev–Trinajstić information content (AvgIpc) is 1.91. The SMILES string of the molecule is ICI.N#CSCSC#N. The van der Waals surface area contributed by atoms with Gasteiger partial charge in [-0.25, -0.2) is 0 Å². The first-order valence-corrected chi connectivity index (χ1v) is 6.99. The van der Waals surface area contributed by atoms with Crippen LogP contribution in [0.2, 0.25) is 0 Å². The molecule has 0 bridgehead atoms. The van der Waals surface area contributed by atoms with Gasteiger partial charge < -0.3 is 0 Å². The molecule has 0 aromatic rings. The molecular formula is C4H4I2N2S2. The van der Waals surface area contributed by atoms with Crippen molar-refractivity contribution in [1.29, 1.82) is 10.5 Å². The lowest BCUT2D eigenvalue weighted by Crippen LogP contribution is -1.56. The fourth-order valence-electron chi connectivity index (χ4n) is 0.0822. The van der Waals surface area contributed by atoms with Crippen LogP contribution in [0, 0.1) is 21.3 Å². The zero-order valence-corrected chi connectivity index (χ0v) is 10.8. The fraction of sp³-hybridized carbons (Fsp3) is 0.500. The van der Waals surface area contributed by atoms with Crippen molar-refractivity contribution in [3.8, 4) is 10.8 Å². The second-order valence-electron chi connectivity index (χ2n) is 0.690. The molecular weight excluding hydrogens is 394 g/mol. The summed E-state index contributed by atoms with van der Waals surface area (Å²) in [7, 11) is 0. The largest absolute Gasteiger partial charge is 0.185 e. The number of rotatable bonds is 2. The number of thioether (sulfide) groups is 2. The molecule has 0 spiro atoms. The van der Waals surface area contributed by atoms with Crippen LogP contribution in [0.15, 0.2) is 0 Å². The molecule has 0 saturated heterocycles. The molecule has 0 radical (unpaired) electrons. The lowest BCUT2D eigenvalue weighted by Gasteiger charge is -1.74. The number of thiocyanates is 2. The van der Waals surface area contributed by atoms with E-state index in [0.29, 0.717) is 5.08 Å². The van der Waals surface area contributed by atoms with Crippen LogP contribution in [0.1, 0.15) is 0 Å². The van der Waals surface area contributed by atoms with Crippen LogP contribution in [0.5, 0.6) is 0 Å². The summed E-state index contributed by atoms with van der Waals surface area (Å²) in [4.78, 5) is 0. The average molecular weight is 398 g/mol. The van der Waals surface area contributed by atoms with Crippen LogP contribution in [-0.2, 0) is 0 Å². The van der Waals surface area contributed by atoms with E-state index >= 15 is 0 Å². The Labute approximate surface area is 96.4 Å². The molecule has 0 fully saturated rings. The molecule has 2 nitrogen and oxygen atoms in total. The highest BCUT2D eigenvalue weighted by Gasteiger charge is 1.80. The summed E-state index contributed by atoms with van der Waals surface area (Å²) in [5, 5.41) is 20.0. The second kappa shape index (κ2) is 16.6. The standard InChI is InChI=1S/C3H2N2S2.CH2I2/c4-1-6-3-7-2-5;2-1-3/h3H2;1H2. The quantitative estimate of drug-likeness (QED) is 0.236. The van der Waals surface area contributed by atoms with E-state index in [1.165, 1.54) is 2.43 Å². The van der Waals surface area contributed by atoms with Gasteiger partial charge in [0.15, 0.2) is 0 Å². The van der Waals surface area contributed by atoms with E-state index in [4.69, 9.17) is 10.5 Å². The molecule has 0 rings (SSSR count). The fourth-order valence-corrected chi connectivity index (χ4v) is 0.740. The van der Waals surface area contributed by atoms with Gasteiger partial charge in [-0.1, -0.05) is 45.2 Å². The third-order valence-electron chi connectivity index (χ3n) is 0.247. The van der Waals surface area contributed by atoms with Crippen molar-refractivity contribution in [1.82, 2.24) is 0 Å². The van der Waals surface area contributed by atoms with E-state index in [1.807, 2.05) is 10.8 Å². The number of hydrogen-bond acceptors (Lipinski definition) is 4. The minimum Gasteiger partial charge on any atom is -0.185 e. The van der Waals surface area contributed by atoms with E-state index in [1.54, 1.807) is 0 Å². The Hall–Kier alpha value is 1.14. The minimum atomic E-state index is 0.549. The summed E-state index contributed by atoms with van der Waals surface area (Å²) in [5.74, 6) is 0. The highest BCUT2D eigenvalue weighted by Crippen LogP contribution is 2.06. The Morgan fingerprint density at radius 3 is 1.60 bits per heavy atom. The first-order chi connectivity index (χ1) is 4.83. The van der Waals surface area contributed by atoms with E-state index in [0.717, 1.165) is 23.5 Å². The zero-order valence-electron chi connectivity index (χ0n) is 4.88. The van der Waals surface area contributed by atoms with E-state index < -0.39 is 0 Å². The Bertz CT molecular complexity index is 114. The summed E-state index contributed by atoms with van der Waals surface area (Å²) in [5.41, 5.74) is 0. The smallest absolute Gasteiger partial charge is 0.134 e. The van der Waals surface area contributed by atoms with E-state index in [-0.39, 0.29) is 0 Å². The molecule has 0 aliphatic carbocycles. The maximum atomic E-state index is 7.88. The Balaban J connectivity index is 0. The van der Waals surface area contributed by atoms with Crippen molar-refractivity contribution in [2.45, 2.75) is 0 Å². The molecule has 0 aromatic heterocycles. The van der Waals surface area contributed by atoms with Gasteiger partial charge in [0, 0.05) is 0 Å². The zero-order chi connectivity index (χ0) is 8.24.